The number of halogens is 1. The van der Waals surface area contributed by atoms with Gasteiger partial charge in [0.2, 0.25) is 11.8 Å². The summed E-state index contributed by atoms with van der Waals surface area (Å²) in [5, 5.41) is 5.48. The highest BCUT2D eigenvalue weighted by Crippen LogP contribution is 2.16. The van der Waals surface area contributed by atoms with E-state index in [-0.39, 0.29) is 23.5 Å². The first kappa shape index (κ1) is 17.4. The number of hydrogen-bond donors (Lipinski definition) is 2. The summed E-state index contributed by atoms with van der Waals surface area (Å²) < 4.78 is 13.5. The standard InChI is InChI=1S/C17H24FN3O2/c1-12-3-4-13(9-15(12)18)10-20-16(22)11-21-7-5-14(6-8-21)17(23)19-2/h3-4,9,14H,5-8,10-11H2,1-2H3,(H,19,23)(H,20,22). The van der Waals surface area contributed by atoms with Crippen LogP contribution in [0.4, 0.5) is 4.39 Å². The molecule has 0 aliphatic carbocycles. The smallest absolute Gasteiger partial charge is 0.234 e. The Balaban J connectivity index is 1.73. The number of benzene rings is 1. The van der Waals surface area contributed by atoms with Gasteiger partial charge in [-0.15, -0.1) is 0 Å². The van der Waals surface area contributed by atoms with Gasteiger partial charge in [0.1, 0.15) is 5.82 Å². The van der Waals surface area contributed by atoms with Crippen LogP contribution in [0.3, 0.4) is 0 Å². The molecule has 5 nitrogen and oxygen atoms in total. The van der Waals surface area contributed by atoms with Crippen molar-refractivity contribution in [1.29, 1.82) is 0 Å². The third-order valence-corrected chi connectivity index (χ3v) is 4.30. The van der Waals surface area contributed by atoms with Crippen LogP contribution in [-0.2, 0) is 16.1 Å². The SMILES string of the molecule is CNC(=O)C1CCN(CC(=O)NCc2ccc(C)c(F)c2)CC1. The Labute approximate surface area is 136 Å². The molecule has 1 heterocycles. The Bertz CT molecular complexity index is 569. The van der Waals surface area contributed by atoms with Gasteiger partial charge in [-0.05, 0) is 50.0 Å². The fourth-order valence-electron chi connectivity index (χ4n) is 2.76. The van der Waals surface area contributed by atoms with Gasteiger partial charge in [-0.25, -0.2) is 4.39 Å². The van der Waals surface area contributed by atoms with Gasteiger partial charge in [0.25, 0.3) is 0 Å². The second-order valence-electron chi connectivity index (χ2n) is 6.02. The fraction of sp³-hybridized carbons (Fsp3) is 0.529. The van der Waals surface area contributed by atoms with Gasteiger partial charge in [-0.3, -0.25) is 14.5 Å². The molecule has 2 N–H and O–H groups in total. The van der Waals surface area contributed by atoms with Crippen LogP contribution in [0, 0.1) is 18.7 Å². The molecule has 0 atom stereocenters. The summed E-state index contributed by atoms with van der Waals surface area (Å²) in [6, 6.07) is 4.97. The number of piperidine rings is 1. The molecule has 0 spiro atoms. The largest absolute Gasteiger partial charge is 0.359 e. The molecule has 0 aromatic heterocycles. The van der Waals surface area contributed by atoms with Crippen molar-refractivity contribution < 1.29 is 14.0 Å². The molecule has 1 aliphatic rings. The average molecular weight is 321 g/mol. The molecule has 1 aromatic rings. The average Bonchev–Trinajstić information content (AvgIpc) is 2.56. The zero-order chi connectivity index (χ0) is 16.8. The van der Waals surface area contributed by atoms with Gasteiger partial charge in [0, 0.05) is 19.5 Å². The molecule has 0 saturated carbocycles. The van der Waals surface area contributed by atoms with Gasteiger partial charge in [0.15, 0.2) is 0 Å². The molecule has 2 amide bonds. The molecule has 1 aromatic carbocycles. The number of likely N-dealkylation sites (tertiary alicyclic amines) is 1. The first-order chi connectivity index (χ1) is 11.0. The van der Waals surface area contributed by atoms with Crippen molar-refractivity contribution >= 4 is 11.8 Å². The van der Waals surface area contributed by atoms with Crippen molar-refractivity contribution in [3.63, 3.8) is 0 Å². The summed E-state index contributed by atoms with van der Waals surface area (Å²) in [6.45, 7) is 3.83. The van der Waals surface area contributed by atoms with Crippen LogP contribution in [-0.4, -0.2) is 43.4 Å². The highest BCUT2D eigenvalue weighted by molar-refractivity contribution is 5.79. The van der Waals surface area contributed by atoms with Crippen LogP contribution in [0.2, 0.25) is 0 Å². The molecule has 1 saturated heterocycles. The lowest BCUT2D eigenvalue weighted by Gasteiger charge is -2.30. The van der Waals surface area contributed by atoms with E-state index in [1.807, 2.05) is 11.0 Å². The number of nitrogens with one attached hydrogen (secondary N) is 2. The Morgan fingerprint density at radius 1 is 1.30 bits per heavy atom. The molecule has 0 bridgehead atoms. The van der Waals surface area contributed by atoms with Crippen molar-refractivity contribution in [3.8, 4) is 0 Å². The van der Waals surface area contributed by atoms with Crippen molar-refractivity contribution in [2.45, 2.75) is 26.3 Å². The molecule has 1 aliphatic heterocycles. The predicted octanol–water partition coefficient (Wildman–Crippen LogP) is 1.21. The summed E-state index contributed by atoms with van der Waals surface area (Å²) in [4.78, 5) is 25.6. The van der Waals surface area contributed by atoms with Crippen LogP contribution in [0.5, 0.6) is 0 Å². The number of aryl methyl sites for hydroxylation is 1. The van der Waals surface area contributed by atoms with Crippen LogP contribution in [0.25, 0.3) is 0 Å². The van der Waals surface area contributed by atoms with Crippen LogP contribution in [0.15, 0.2) is 18.2 Å². The van der Waals surface area contributed by atoms with E-state index < -0.39 is 0 Å². The zero-order valence-electron chi connectivity index (χ0n) is 13.7. The summed E-state index contributed by atoms with van der Waals surface area (Å²) in [5.74, 6) is -0.206. The van der Waals surface area contributed by atoms with E-state index in [2.05, 4.69) is 10.6 Å². The number of carbonyl (C=O) groups is 2. The normalized spacial score (nSPS) is 16.1. The number of nitrogens with zero attached hydrogens (tertiary/aromatic N) is 1. The number of hydrogen-bond acceptors (Lipinski definition) is 3. The van der Waals surface area contributed by atoms with E-state index >= 15 is 0 Å². The molecule has 0 unspecified atom stereocenters. The third kappa shape index (κ3) is 5.03. The van der Waals surface area contributed by atoms with Crippen LogP contribution < -0.4 is 10.6 Å². The summed E-state index contributed by atoms with van der Waals surface area (Å²) in [6.07, 6.45) is 1.55. The van der Waals surface area contributed by atoms with Gasteiger partial charge in [-0.2, -0.15) is 0 Å². The van der Waals surface area contributed by atoms with E-state index in [1.165, 1.54) is 6.07 Å². The van der Waals surface area contributed by atoms with E-state index in [9.17, 15) is 14.0 Å². The fourth-order valence-corrected chi connectivity index (χ4v) is 2.76. The van der Waals surface area contributed by atoms with Gasteiger partial charge in [-0.1, -0.05) is 12.1 Å². The minimum atomic E-state index is -0.256. The quantitative estimate of drug-likeness (QED) is 0.857. The maximum absolute atomic E-state index is 13.5. The predicted molar refractivity (Wildman–Crippen MR) is 86.2 cm³/mol. The van der Waals surface area contributed by atoms with E-state index in [0.717, 1.165) is 31.5 Å². The van der Waals surface area contributed by atoms with Crippen molar-refractivity contribution in [1.82, 2.24) is 15.5 Å². The maximum atomic E-state index is 13.5. The van der Waals surface area contributed by atoms with Crippen molar-refractivity contribution in [3.05, 3.63) is 35.1 Å². The second-order valence-corrected chi connectivity index (χ2v) is 6.02. The Morgan fingerprint density at radius 2 is 2.00 bits per heavy atom. The second kappa shape index (κ2) is 8.06. The summed E-state index contributed by atoms with van der Waals surface area (Å²) in [7, 11) is 1.65. The molecule has 6 heteroatoms. The highest BCUT2D eigenvalue weighted by atomic mass is 19.1. The van der Waals surface area contributed by atoms with Crippen molar-refractivity contribution in [2.24, 2.45) is 5.92 Å². The lowest BCUT2D eigenvalue weighted by Crippen LogP contribution is -2.43. The first-order valence-corrected chi connectivity index (χ1v) is 7.95. The molecular weight excluding hydrogens is 297 g/mol. The minimum absolute atomic E-state index is 0.0508. The number of carbonyl (C=O) groups excluding carboxylic acids is 2. The molecule has 1 fully saturated rings. The molecule has 2 rings (SSSR count). The maximum Gasteiger partial charge on any atom is 0.234 e. The van der Waals surface area contributed by atoms with E-state index in [0.29, 0.717) is 18.7 Å². The van der Waals surface area contributed by atoms with Crippen LogP contribution >= 0.6 is 0 Å². The monoisotopic (exact) mass is 321 g/mol. The Hall–Kier alpha value is -1.95. The molecule has 0 radical (unpaired) electrons. The van der Waals surface area contributed by atoms with Crippen LogP contribution in [0.1, 0.15) is 24.0 Å². The van der Waals surface area contributed by atoms with Crippen molar-refractivity contribution in [2.75, 3.05) is 26.7 Å². The third-order valence-electron chi connectivity index (χ3n) is 4.30. The summed E-state index contributed by atoms with van der Waals surface area (Å²) in [5.41, 5.74) is 1.35. The van der Waals surface area contributed by atoms with E-state index in [1.54, 1.807) is 20.0 Å². The topological polar surface area (TPSA) is 61.4 Å². The molecule has 126 valence electrons. The Kier molecular flexibility index (Phi) is 6.10. The summed E-state index contributed by atoms with van der Waals surface area (Å²) >= 11 is 0. The first-order valence-electron chi connectivity index (χ1n) is 7.95. The molecular formula is C17H24FN3O2. The lowest BCUT2D eigenvalue weighted by molar-refractivity contribution is -0.126. The zero-order valence-corrected chi connectivity index (χ0v) is 13.7. The lowest BCUT2D eigenvalue weighted by atomic mass is 9.96. The van der Waals surface area contributed by atoms with E-state index in [4.69, 9.17) is 0 Å². The van der Waals surface area contributed by atoms with Gasteiger partial charge >= 0.3 is 0 Å². The highest BCUT2D eigenvalue weighted by Gasteiger charge is 2.24. The molecule has 23 heavy (non-hydrogen) atoms. The van der Waals surface area contributed by atoms with Gasteiger partial charge < -0.3 is 10.6 Å². The number of rotatable bonds is 5. The minimum Gasteiger partial charge on any atom is -0.359 e. The number of amides is 2. The van der Waals surface area contributed by atoms with Gasteiger partial charge in [0.05, 0.1) is 6.54 Å². The Morgan fingerprint density at radius 3 is 2.61 bits per heavy atom.